The Hall–Kier alpha value is 0.210. The van der Waals surface area contributed by atoms with Gasteiger partial charge in [-0.15, -0.1) is 12.4 Å². The van der Waals surface area contributed by atoms with Crippen LogP contribution in [0.1, 0.15) is 116 Å². The second-order valence-corrected chi connectivity index (χ2v) is 8.55. The van der Waals surface area contributed by atoms with E-state index in [9.17, 15) is 0 Å². The monoisotopic (exact) mass is 389 g/mol. The molecule has 1 saturated heterocycles. The number of halogens is 1. The van der Waals surface area contributed by atoms with E-state index in [-0.39, 0.29) is 12.4 Å². The number of nitrogens with zero attached hydrogens (tertiary/aromatic N) is 1. The van der Waals surface area contributed by atoms with Crippen LogP contribution in [0.2, 0.25) is 0 Å². The molecule has 158 valence electrons. The summed E-state index contributed by atoms with van der Waals surface area (Å²) in [6.07, 6.45) is 24.9. The molecule has 1 aliphatic heterocycles. The summed E-state index contributed by atoms with van der Waals surface area (Å²) in [4.78, 5) is 2.39. The van der Waals surface area contributed by atoms with E-state index in [1.165, 1.54) is 109 Å². The first-order valence-electron chi connectivity index (χ1n) is 11.5. The van der Waals surface area contributed by atoms with Gasteiger partial charge in [-0.2, -0.15) is 0 Å². The molecule has 0 spiro atoms. The number of ether oxygens (including phenoxy) is 1. The molecule has 0 amide bonds. The number of hydrogen-bond acceptors (Lipinski definition) is 2. The van der Waals surface area contributed by atoms with Crippen LogP contribution in [0.4, 0.5) is 0 Å². The lowest BCUT2D eigenvalue weighted by atomic mass is 10.0. The molecule has 2 nitrogen and oxygen atoms in total. The molecular formula is C23H48ClNO. The molecule has 0 aromatic heterocycles. The van der Waals surface area contributed by atoms with Crippen molar-refractivity contribution in [2.45, 2.75) is 128 Å². The van der Waals surface area contributed by atoms with Crippen LogP contribution in [0.25, 0.3) is 0 Å². The molecule has 0 aliphatic carbocycles. The first kappa shape index (κ1) is 26.2. The molecule has 0 aromatic carbocycles. The quantitative estimate of drug-likeness (QED) is 0.169. The molecule has 26 heavy (non-hydrogen) atoms. The van der Waals surface area contributed by atoms with Crippen molar-refractivity contribution in [2.75, 3.05) is 20.7 Å². The van der Waals surface area contributed by atoms with Crippen molar-refractivity contribution in [2.24, 2.45) is 0 Å². The van der Waals surface area contributed by atoms with Gasteiger partial charge < -0.3 is 9.64 Å². The van der Waals surface area contributed by atoms with Crippen molar-refractivity contribution in [1.82, 2.24) is 4.90 Å². The Morgan fingerprint density at radius 2 is 1.12 bits per heavy atom. The van der Waals surface area contributed by atoms with Crippen LogP contribution in [0, 0.1) is 0 Å². The van der Waals surface area contributed by atoms with Crippen molar-refractivity contribution in [3.63, 3.8) is 0 Å². The van der Waals surface area contributed by atoms with Crippen LogP contribution >= 0.6 is 12.4 Å². The number of hydrogen-bond donors (Lipinski definition) is 0. The fourth-order valence-electron chi connectivity index (χ4n) is 3.85. The number of rotatable bonds is 19. The van der Waals surface area contributed by atoms with Crippen LogP contribution in [0.5, 0.6) is 0 Å². The van der Waals surface area contributed by atoms with Crippen LogP contribution in [-0.4, -0.2) is 37.7 Å². The molecule has 0 aromatic rings. The molecule has 2 atom stereocenters. The smallest absolute Gasteiger partial charge is 0.0824 e. The highest BCUT2D eigenvalue weighted by atomic mass is 35.5. The van der Waals surface area contributed by atoms with Crippen molar-refractivity contribution in [3.05, 3.63) is 0 Å². The van der Waals surface area contributed by atoms with Gasteiger partial charge in [0, 0.05) is 6.04 Å². The minimum Gasteiger partial charge on any atom is -0.373 e. The molecule has 0 bridgehead atoms. The molecule has 1 rings (SSSR count). The molecule has 2 unspecified atom stereocenters. The minimum absolute atomic E-state index is 0. The van der Waals surface area contributed by atoms with E-state index >= 15 is 0 Å². The first-order chi connectivity index (χ1) is 12.2. The zero-order valence-electron chi connectivity index (χ0n) is 18.1. The summed E-state index contributed by atoms with van der Waals surface area (Å²) in [6.45, 7) is 3.30. The van der Waals surface area contributed by atoms with Crippen LogP contribution in [0.15, 0.2) is 0 Å². The Morgan fingerprint density at radius 3 is 1.46 bits per heavy atom. The van der Waals surface area contributed by atoms with E-state index < -0.39 is 0 Å². The minimum atomic E-state index is 0. The van der Waals surface area contributed by atoms with Gasteiger partial charge in [0.1, 0.15) is 0 Å². The Bertz CT molecular complexity index is 281. The third kappa shape index (κ3) is 16.4. The van der Waals surface area contributed by atoms with Crippen LogP contribution in [-0.2, 0) is 4.74 Å². The lowest BCUT2D eigenvalue weighted by Crippen LogP contribution is -2.29. The fourth-order valence-corrected chi connectivity index (χ4v) is 3.85. The Labute approximate surface area is 171 Å². The van der Waals surface area contributed by atoms with Gasteiger partial charge in [0.2, 0.25) is 0 Å². The van der Waals surface area contributed by atoms with Gasteiger partial charge in [0.25, 0.3) is 0 Å². The number of epoxide rings is 1. The molecule has 1 aliphatic rings. The topological polar surface area (TPSA) is 15.8 Å². The van der Waals surface area contributed by atoms with E-state index in [0.29, 0.717) is 6.10 Å². The SMILES string of the molecule is CCCCCCCCCCCCCCCCCC(CC1CO1)N(C)C.Cl. The maximum atomic E-state index is 5.39. The predicted molar refractivity (Wildman–Crippen MR) is 119 cm³/mol. The highest BCUT2D eigenvalue weighted by Crippen LogP contribution is 2.22. The summed E-state index contributed by atoms with van der Waals surface area (Å²) in [7, 11) is 4.44. The summed E-state index contributed by atoms with van der Waals surface area (Å²) < 4.78 is 5.39. The van der Waals surface area contributed by atoms with Crippen LogP contribution < -0.4 is 0 Å². The fraction of sp³-hybridized carbons (Fsp3) is 1.00. The van der Waals surface area contributed by atoms with Gasteiger partial charge in [-0.3, -0.25) is 0 Å². The van der Waals surface area contributed by atoms with Gasteiger partial charge in [0.15, 0.2) is 0 Å². The second kappa shape index (κ2) is 18.6. The van der Waals surface area contributed by atoms with E-state index in [2.05, 4.69) is 25.9 Å². The second-order valence-electron chi connectivity index (χ2n) is 8.55. The predicted octanol–water partition coefficient (Wildman–Crippen LogP) is 7.39. The highest BCUT2D eigenvalue weighted by Gasteiger charge is 2.27. The summed E-state index contributed by atoms with van der Waals surface area (Å²) in [5, 5.41) is 0. The van der Waals surface area contributed by atoms with Gasteiger partial charge in [-0.25, -0.2) is 0 Å². The average molecular weight is 390 g/mol. The lowest BCUT2D eigenvalue weighted by molar-refractivity contribution is 0.235. The van der Waals surface area contributed by atoms with E-state index in [0.717, 1.165) is 12.6 Å². The van der Waals surface area contributed by atoms with Crippen molar-refractivity contribution < 1.29 is 4.74 Å². The normalized spacial score (nSPS) is 17.3. The van der Waals surface area contributed by atoms with Crippen molar-refractivity contribution >= 4 is 12.4 Å². The summed E-state index contributed by atoms with van der Waals surface area (Å²) >= 11 is 0. The van der Waals surface area contributed by atoms with Crippen molar-refractivity contribution in [1.29, 1.82) is 0 Å². The standard InChI is InChI=1S/C23H47NO.ClH/c1-4-5-6-7-8-9-10-11-12-13-14-15-16-17-18-19-22(24(2)3)20-23-21-25-23;/h22-23H,4-21H2,1-3H3;1H. The number of unbranched alkanes of at least 4 members (excludes halogenated alkanes) is 14. The molecule has 1 fully saturated rings. The Morgan fingerprint density at radius 1 is 0.731 bits per heavy atom. The molecule has 0 radical (unpaired) electrons. The van der Waals surface area contributed by atoms with Gasteiger partial charge >= 0.3 is 0 Å². The van der Waals surface area contributed by atoms with E-state index in [1.54, 1.807) is 0 Å². The van der Waals surface area contributed by atoms with E-state index in [1.807, 2.05) is 0 Å². The van der Waals surface area contributed by atoms with Gasteiger partial charge in [-0.1, -0.05) is 103 Å². The van der Waals surface area contributed by atoms with E-state index in [4.69, 9.17) is 4.74 Å². The van der Waals surface area contributed by atoms with Gasteiger partial charge in [-0.05, 0) is 26.9 Å². The van der Waals surface area contributed by atoms with Crippen molar-refractivity contribution in [3.8, 4) is 0 Å². The zero-order chi connectivity index (χ0) is 18.2. The molecule has 1 heterocycles. The molecular weight excluding hydrogens is 342 g/mol. The van der Waals surface area contributed by atoms with Gasteiger partial charge in [0.05, 0.1) is 12.7 Å². The third-order valence-corrected chi connectivity index (χ3v) is 5.81. The summed E-state index contributed by atoms with van der Waals surface area (Å²) in [5.74, 6) is 0. The molecule has 3 heteroatoms. The molecule has 0 N–H and O–H groups in total. The average Bonchev–Trinajstić information content (AvgIpc) is 3.41. The highest BCUT2D eigenvalue weighted by molar-refractivity contribution is 5.85. The summed E-state index contributed by atoms with van der Waals surface area (Å²) in [5.41, 5.74) is 0. The van der Waals surface area contributed by atoms with Crippen LogP contribution in [0.3, 0.4) is 0 Å². The largest absolute Gasteiger partial charge is 0.373 e. The lowest BCUT2D eigenvalue weighted by Gasteiger charge is -2.23. The first-order valence-corrected chi connectivity index (χ1v) is 11.5. The third-order valence-electron chi connectivity index (χ3n) is 5.81. The summed E-state index contributed by atoms with van der Waals surface area (Å²) in [6, 6.07) is 0.731. The molecule has 0 saturated carbocycles. The Kier molecular flexibility index (Phi) is 18.7. The Balaban J connectivity index is 0.00000625. The maximum absolute atomic E-state index is 5.39. The maximum Gasteiger partial charge on any atom is 0.0824 e. The zero-order valence-corrected chi connectivity index (χ0v) is 19.0.